The van der Waals surface area contributed by atoms with Gasteiger partial charge in [-0.15, -0.1) is 0 Å². The van der Waals surface area contributed by atoms with E-state index in [1.807, 2.05) is 58.7 Å². The van der Waals surface area contributed by atoms with E-state index in [0.717, 1.165) is 82.8 Å². The molecule has 4 fully saturated rings. The van der Waals surface area contributed by atoms with Crippen LogP contribution in [0.4, 0.5) is 15.0 Å². The van der Waals surface area contributed by atoms with Gasteiger partial charge in [-0.3, -0.25) is 14.7 Å². The highest BCUT2D eigenvalue weighted by Crippen LogP contribution is 2.53. The lowest BCUT2D eigenvalue weighted by Crippen LogP contribution is -2.68. The second-order valence-corrected chi connectivity index (χ2v) is 17.4. The van der Waals surface area contributed by atoms with Gasteiger partial charge in [0.05, 0.1) is 11.8 Å². The summed E-state index contributed by atoms with van der Waals surface area (Å²) >= 11 is 0. The number of hydrogen-bond acceptors (Lipinski definition) is 11. The van der Waals surface area contributed by atoms with Gasteiger partial charge in [-0.2, -0.15) is 10.1 Å². The van der Waals surface area contributed by atoms with E-state index in [1.165, 1.54) is 23.8 Å². The number of likely N-dealkylation sites (tertiary alicyclic amines) is 1. The van der Waals surface area contributed by atoms with Crippen molar-refractivity contribution in [2.24, 2.45) is 10.8 Å². The van der Waals surface area contributed by atoms with Gasteiger partial charge in [0.2, 0.25) is 0 Å². The molecule has 0 bridgehead atoms. The number of amides is 2. The molecule has 14 heteroatoms. The zero-order valence-corrected chi connectivity index (χ0v) is 32.2. The number of aromatic nitrogens is 4. The van der Waals surface area contributed by atoms with Crippen molar-refractivity contribution in [2.75, 3.05) is 44.2 Å². The topological polar surface area (TPSA) is 126 Å². The molecular formula is C40H51FN8O5. The van der Waals surface area contributed by atoms with Crippen LogP contribution in [0, 0.1) is 16.6 Å². The van der Waals surface area contributed by atoms with Gasteiger partial charge >= 0.3 is 12.1 Å². The fourth-order valence-corrected chi connectivity index (χ4v) is 9.11. The zero-order chi connectivity index (χ0) is 38.0. The quantitative estimate of drug-likeness (QED) is 0.261. The molecule has 0 atom stereocenters. The molecule has 2 saturated heterocycles. The molecule has 2 aliphatic carbocycles. The number of halogens is 1. The van der Waals surface area contributed by atoms with E-state index >= 15 is 0 Å². The fraction of sp³-hybridized carbons (Fsp3) is 0.600. The number of carbonyl (C=O) groups is 2. The summed E-state index contributed by atoms with van der Waals surface area (Å²) in [7, 11) is 0. The van der Waals surface area contributed by atoms with Crippen molar-refractivity contribution in [3.63, 3.8) is 0 Å². The molecule has 288 valence electrons. The van der Waals surface area contributed by atoms with Crippen molar-refractivity contribution in [3.8, 4) is 17.5 Å². The van der Waals surface area contributed by atoms with Crippen LogP contribution in [0.25, 0.3) is 0 Å². The molecule has 13 nitrogen and oxygen atoms in total. The Kier molecular flexibility index (Phi) is 9.17. The van der Waals surface area contributed by atoms with E-state index in [-0.39, 0.29) is 52.3 Å². The summed E-state index contributed by atoms with van der Waals surface area (Å²) in [6, 6.07) is 6.34. The number of pyridine rings is 1. The lowest BCUT2D eigenvalue weighted by atomic mass is 9.60. The molecule has 3 aromatic rings. The van der Waals surface area contributed by atoms with Gasteiger partial charge in [0, 0.05) is 92.6 Å². The Labute approximate surface area is 316 Å². The van der Waals surface area contributed by atoms with Crippen molar-refractivity contribution in [2.45, 2.75) is 104 Å². The number of fused-ring (bicyclic) bond motifs is 1. The van der Waals surface area contributed by atoms with Crippen molar-refractivity contribution in [1.29, 1.82) is 0 Å². The van der Waals surface area contributed by atoms with E-state index in [4.69, 9.17) is 19.2 Å². The first-order valence-corrected chi connectivity index (χ1v) is 19.3. The standard InChI is InChI=1S/C40H51FN8O5/c1-7-49(25(2)3)35(50)29-14-26(41)8-9-32(29)53-36-44-34(19-43-45-36)47-21-40(22-47)17-28(18-40)52-33-10-12-42-31-11-13-46(20-30(31)33)27-15-39(16-27)23-48(24-39)37(51)54-38(4,5)6/h8-10,12,14,19,25,27-28H,7,11,13,15-18,20-24H2,1-6H3. The van der Waals surface area contributed by atoms with Crippen LogP contribution in [-0.4, -0.2) is 110 Å². The molecule has 2 spiro atoms. The van der Waals surface area contributed by atoms with Crippen LogP contribution in [0.5, 0.6) is 17.5 Å². The Morgan fingerprint density at radius 1 is 1.04 bits per heavy atom. The molecule has 8 rings (SSSR count). The fourth-order valence-electron chi connectivity index (χ4n) is 9.11. The van der Waals surface area contributed by atoms with E-state index in [1.54, 1.807) is 11.1 Å². The molecule has 3 aliphatic heterocycles. The van der Waals surface area contributed by atoms with E-state index in [9.17, 15) is 14.0 Å². The number of benzene rings is 1. The Balaban J connectivity index is 0.833. The first-order valence-electron chi connectivity index (χ1n) is 19.3. The third kappa shape index (κ3) is 7.04. The van der Waals surface area contributed by atoms with Gasteiger partial charge in [0.25, 0.3) is 5.91 Å². The first kappa shape index (κ1) is 36.4. The van der Waals surface area contributed by atoms with Crippen molar-refractivity contribution in [1.82, 2.24) is 34.9 Å². The highest BCUT2D eigenvalue weighted by molar-refractivity contribution is 5.97. The molecule has 0 unspecified atom stereocenters. The lowest BCUT2D eigenvalue weighted by Gasteiger charge is -2.61. The third-order valence-corrected chi connectivity index (χ3v) is 11.8. The minimum Gasteiger partial charge on any atom is -0.490 e. The highest BCUT2D eigenvalue weighted by atomic mass is 19.1. The molecular weight excluding hydrogens is 691 g/mol. The van der Waals surface area contributed by atoms with Crippen LogP contribution in [0.15, 0.2) is 36.7 Å². The van der Waals surface area contributed by atoms with Crippen LogP contribution in [0.1, 0.15) is 88.8 Å². The maximum absolute atomic E-state index is 14.2. The second kappa shape index (κ2) is 13.6. The third-order valence-electron chi connectivity index (χ3n) is 11.8. The van der Waals surface area contributed by atoms with Gasteiger partial charge < -0.3 is 28.9 Å². The van der Waals surface area contributed by atoms with Crippen LogP contribution in [0.2, 0.25) is 0 Å². The average molecular weight is 743 g/mol. The SMILES string of the molecule is CCN(C(=O)c1cc(F)ccc1Oc1nncc(N2CC3(CC(Oc4ccnc5c4CN(C4CC6(C4)CN(C(=O)OC(C)(C)C)C6)CC5)C3)C2)n1)C(C)C. The van der Waals surface area contributed by atoms with Crippen LogP contribution >= 0.6 is 0 Å². The second-order valence-electron chi connectivity index (χ2n) is 17.4. The molecule has 5 heterocycles. The molecule has 0 N–H and O–H groups in total. The van der Waals surface area contributed by atoms with Crippen LogP contribution in [0.3, 0.4) is 0 Å². The number of anilines is 1. The largest absolute Gasteiger partial charge is 0.490 e. The summed E-state index contributed by atoms with van der Waals surface area (Å²) in [5, 5.41) is 8.17. The maximum atomic E-state index is 14.2. The summed E-state index contributed by atoms with van der Waals surface area (Å²) in [6.07, 6.45) is 8.46. The van der Waals surface area contributed by atoms with Crippen molar-refractivity contribution in [3.05, 3.63) is 59.3 Å². The number of carbonyl (C=O) groups excluding carboxylic acids is 2. The monoisotopic (exact) mass is 742 g/mol. The van der Waals surface area contributed by atoms with Gasteiger partial charge in [-0.05, 0) is 91.5 Å². The Morgan fingerprint density at radius 3 is 2.48 bits per heavy atom. The number of hydrogen-bond donors (Lipinski definition) is 0. The molecule has 2 saturated carbocycles. The van der Waals surface area contributed by atoms with E-state index in [2.05, 4.69) is 25.0 Å². The minimum absolute atomic E-state index is 0.000515. The summed E-state index contributed by atoms with van der Waals surface area (Å²) in [5.74, 6) is 0.927. The number of ether oxygens (including phenoxy) is 3. The Morgan fingerprint density at radius 2 is 1.78 bits per heavy atom. The predicted molar refractivity (Wildman–Crippen MR) is 198 cm³/mol. The first-order chi connectivity index (χ1) is 25.7. The van der Waals surface area contributed by atoms with Crippen molar-refractivity contribution >= 4 is 17.8 Å². The smallest absolute Gasteiger partial charge is 0.410 e. The molecule has 2 amide bonds. The molecule has 0 radical (unpaired) electrons. The lowest BCUT2D eigenvalue weighted by molar-refractivity contribution is -0.110. The maximum Gasteiger partial charge on any atom is 0.410 e. The minimum atomic E-state index is -0.524. The predicted octanol–water partition coefficient (Wildman–Crippen LogP) is 5.87. The molecule has 5 aliphatic rings. The summed E-state index contributed by atoms with van der Waals surface area (Å²) in [6.45, 7) is 17.0. The summed E-state index contributed by atoms with van der Waals surface area (Å²) in [4.78, 5) is 43.3. The molecule has 1 aromatic carbocycles. The summed E-state index contributed by atoms with van der Waals surface area (Å²) in [5.41, 5.74) is 2.38. The summed E-state index contributed by atoms with van der Waals surface area (Å²) < 4.78 is 32.4. The van der Waals surface area contributed by atoms with Gasteiger partial charge in [0.1, 0.15) is 29.0 Å². The normalized spacial score (nSPS) is 21.4. The van der Waals surface area contributed by atoms with Crippen LogP contribution < -0.4 is 14.4 Å². The van der Waals surface area contributed by atoms with Crippen LogP contribution in [-0.2, 0) is 17.7 Å². The Bertz CT molecular complexity index is 1910. The zero-order valence-electron chi connectivity index (χ0n) is 32.2. The van der Waals surface area contributed by atoms with Gasteiger partial charge in [0.15, 0.2) is 5.82 Å². The van der Waals surface area contributed by atoms with E-state index < -0.39 is 11.4 Å². The van der Waals surface area contributed by atoms with Gasteiger partial charge in [-0.25, -0.2) is 9.18 Å². The number of nitrogens with zero attached hydrogens (tertiary/aromatic N) is 8. The highest BCUT2D eigenvalue weighted by Gasteiger charge is 2.56. The Hall–Kier alpha value is -4.59. The molecule has 2 aromatic heterocycles. The molecule has 54 heavy (non-hydrogen) atoms. The van der Waals surface area contributed by atoms with Crippen molar-refractivity contribution < 1.29 is 28.2 Å². The van der Waals surface area contributed by atoms with Gasteiger partial charge in [-0.1, -0.05) is 5.10 Å². The number of rotatable bonds is 9. The average Bonchev–Trinajstić information content (AvgIpc) is 3.04. The van der Waals surface area contributed by atoms with E-state index in [0.29, 0.717) is 18.4 Å².